The Morgan fingerprint density at radius 1 is 0.529 bits per heavy atom. The summed E-state index contributed by atoms with van der Waals surface area (Å²) in [6.07, 6.45) is 0. The standard InChI is InChI=1S/3C5H11.CH3.Pb/c3*1-5(2,3)4;;/h3*1H2,2-4H3;1H3;. The van der Waals surface area contributed by atoms with E-state index in [-0.39, 0.29) is 0 Å². The Labute approximate surface area is 116 Å². The topological polar surface area (TPSA) is 0 Å². The number of rotatable bonds is 3. The summed E-state index contributed by atoms with van der Waals surface area (Å²) < 4.78 is 7.33. The predicted octanol–water partition coefficient (Wildman–Crippen LogP) is 6.20. The SMILES string of the molecule is CC(C)(C)[CH2][Pb]([CH3])([CH2]C(C)(C)C)[CH2]C(C)(C)C. The third-order valence-corrected chi connectivity index (χ3v) is 25.2. The fraction of sp³-hybridized carbons (Fsp3) is 1.00. The molecular formula is C16H36Pb. The van der Waals surface area contributed by atoms with Crippen LogP contribution < -0.4 is 0 Å². The summed E-state index contributed by atoms with van der Waals surface area (Å²) >= 11 is -2.12. The molecule has 1 heteroatoms. The molecule has 0 aliphatic rings. The Bertz CT molecular complexity index is 191. The van der Waals surface area contributed by atoms with E-state index in [2.05, 4.69) is 66.8 Å². The van der Waals surface area contributed by atoms with Crippen molar-refractivity contribution in [3.8, 4) is 0 Å². The Balaban J connectivity index is 4.95. The van der Waals surface area contributed by atoms with Crippen LogP contribution in [-0.2, 0) is 0 Å². The molecule has 0 N–H and O–H groups in total. The van der Waals surface area contributed by atoms with E-state index in [0.717, 1.165) is 0 Å². The van der Waals surface area contributed by atoms with Crippen LogP contribution in [0.25, 0.3) is 0 Å². The zero-order valence-corrected chi connectivity index (χ0v) is 18.0. The van der Waals surface area contributed by atoms with Gasteiger partial charge in [0.1, 0.15) is 0 Å². The molecule has 0 spiro atoms. The molecule has 0 amide bonds. The molecule has 0 aliphatic heterocycles. The van der Waals surface area contributed by atoms with Crippen molar-refractivity contribution in [1.82, 2.24) is 0 Å². The molecule has 0 radical (unpaired) electrons. The van der Waals surface area contributed by atoms with Gasteiger partial charge in [-0.05, 0) is 0 Å². The van der Waals surface area contributed by atoms with Crippen molar-refractivity contribution < 1.29 is 0 Å². The second-order valence-electron chi connectivity index (χ2n) is 10.0. The molecule has 0 saturated heterocycles. The summed E-state index contributed by atoms with van der Waals surface area (Å²) in [5.74, 6) is 0. The van der Waals surface area contributed by atoms with Gasteiger partial charge in [-0.25, -0.2) is 0 Å². The molecule has 0 aromatic carbocycles. The summed E-state index contributed by atoms with van der Waals surface area (Å²) in [7, 11) is 0. The summed E-state index contributed by atoms with van der Waals surface area (Å²) in [6.45, 7) is 21.8. The molecule has 0 rings (SSSR count). The van der Waals surface area contributed by atoms with Gasteiger partial charge in [0.2, 0.25) is 0 Å². The van der Waals surface area contributed by atoms with E-state index < -0.39 is 21.2 Å². The predicted molar refractivity (Wildman–Crippen MR) is 84.4 cm³/mol. The van der Waals surface area contributed by atoms with Gasteiger partial charge in [0.05, 0.1) is 0 Å². The van der Waals surface area contributed by atoms with Gasteiger partial charge < -0.3 is 0 Å². The first-order valence-electron chi connectivity index (χ1n) is 7.12. The molecule has 0 saturated carbocycles. The molecule has 0 fully saturated rings. The molecule has 0 aromatic rings. The van der Waals surface area contributed by atoms with Gasteiger partial charge in [0, 0.05) is 0 Å². The zero-order chi connectivity index (χ0) is 14.1. The Morgan fingerprint density at radius 3 is 0.824 bits per heavy atom. The Kier molecular flexibility index (Phi) is 5.80. The average molecular weight is 436 g/mol. The van der Waals surface area contributed by atoms with Crippen molar-refractivity contribution >= 4 is 21.2 Å². The van der Waals surface area contributed by atoms with E-state index >= 15 is 0 Å². The zero-order valence-electron chi connectivity index (χ0n) is 14.1. The maximum atomic E-state index is 2.72. The van der Waals surface area contributed by atoms with Crippen molar-refractivity contribution in [3.05, 3.63) is 0 Å². The monoisotopic (exact) mass is 436 g/mol. The van der Waals surface area contributed by atoms with Crippen molar-refractivity contribution in [2.75, 3.05) is 0 Å². The summed E-state index contributed by atoms with van der Waals surface area (Å²) in [5.41, 5.74) is 1.56. The van der Waals surface area contributed by atoms with E-state index in [9.17, 15) is 0 Å². The molecule has 0 aromatic heterocycles. The molecule has 0 bridgehead atoms. The van der Waals surface area contributed by atoms with Crippen LogP contribution in [0.3, 0.4) is 0 Å². The third-order valence-electron chi connectivity index (χ3n) is 2.87. The molecule has 0 unspecified atom stereocenters. The molecule has 0 atom stereocenters. The molecule has 17 heavy (non-hydrogen) atoms. The van der Waals surface area contributed by atoms with Crippen molar-refractivity contribution in [1.29, 1.82) is 0 Å². The van der Waals surface area contributed by atoms with Gasteiger partial charge in [0.25, 0.3) is 0 Å². The van der Waals surface area contributed by atoms with Crippen LogP contribution in [0.5, 0.6) is 0 Å². The van der Waals surface area contributed by atoms with Gasteiger partial charge >= 0.3 is 116 Å². The third kappa shape index (κ3) is 10.5. The average Bonchev–Trinajstić information content (AvgIpc) is 1.65. The molecule has 0 nitrogen and oxygen atoms in total. The van der Waals surface area contributed by atoms with Gasteiger partial charge in [0.15, 0.2) is 0 Å². The van der Waals surface area contributed by atoms with E-state index in [1.165, 1.54) is 11.9 Å². The van der Waals surface area contributed by atoms with E-state index in [1.54, 1.807) is 0 Å². The first-order chi connectivity index (χ1) is 7.12. The summed E-state index contributed by atoms with van der Waals surface area (Å²) in [6, 6.07) is 0. The Hall–Kier alpha value is 0.922. The molecular weight excluding hydrogens is 399 g/mol. The summed E-state index contributed by atoms with van der Waals surface area (Å²) in [4.78, 5) is 0. The van der Waals surface area contributed by atoms with Gasteiger partial charge in [-0.15, -0.1) is 0 Å². The van der Waals surface area contributed by atoms with E-state index in [1.807, 2.05) is 0 Å². The van der Waals surface area contributed by atoms with Crippen molar-refractivity contribution in [2.45, 2.75) is 78.7 Å². The van der Waals surface area contributed by atoms with Gasteiger partial charge in [-0.1, -0.05) is 0 Å². The first kappa shape index (κ1) is 17.9. The normalized spacial score (nSPS) is 15.2. The van der Waals surface area contributed by atoms with E-state index in [0.29, 0.717) is 16.2 Å². The van der Waals surface area contributed by atoms with Gasteiger partial charge in [-0.2, -0.15) is 0 Å². The fourth-order valence-electron chi connectivity index (χ4n) is 4.03. The first-order valence-corrected chi connectivity index (χ1v) is 19.3. The minimum atomic E-state index is -2.12. The maximum absolute atomic E-state index is 2.72. The van der Waals surface area contributed by atoms with Crippen LogP contribution >= 0.6 is 0 Å². The van der Waals surface area contributed by atoms with Crippen LogP contribution in [0.2, 0.25) is 16.4 Å². The Morgan fingerprint density at radius 2 is 0.706 bits per heavy atom. The fourth-order valence-corrected chi connectivity index (χ4v) is 35.3. The van der Waals surface area contributed by atoms with Crippen LogP contribution in [0.1, 0.15) is 62.3 Å². The number of hydrogen-bond donors (Lipinski definition) is 0. The quantitative estimate of drug-likeness (QED) is 0.463. The summed E-state index contributed by atoms with van der Waals surface area (Å²) in [5, 5.41) is 0. The van der Waals surface area contributed by atoms with Gasteiger partial charge in [-0.3, -0.25) is 0 Å². The molecule has 104 valence electrons. The van der Waals surface area contributed by atoms with Crippen molar-refractivity contribution in [3.63, 3.8) is 0 Å². The number of hydrogen-bond acceptors (Lipinski definition) is 0. The second kappa shape index (κ2) is 5.50. The van der Waals surface area contributed by atoms with Crippen molar-refractivity contribution in [2.24, 2.45) is 16.2 Å². The molecule has 0 aliphatic carbocycles. The van der Waals surface area contributed by atoms with Crippen LogP contribution in [-0.4, -0.2) is 21.2 Å². The minimum absolute atomic E-state index is 0.521. The van der Waals surface area contributed by atoms with E-state index in [4.69, 9.17) is 0 Å². The van der Waals surface area contributed by atoms with Crippen LogP contribution in [0, 0.1) is 16.2 Å². The second-order valence-corrected chi connectivity index (χ2v) is 28.2. The molecule has 0 heterocycles. The van der Waals surface area contributed by atoms with Crippen LogP contribution in [0.4, 0.5) is 0 Å². The van der Waals surface area contributed by atoms with Crippen LogP contribution in [0.15, 0.2) is 0 Å².